The van der Waals surface area contributed by atoms with Crippen LogP contribution in [0.15, 0.2) is 42.5 Å². The zero-order valence-electron chi connectivity index (χ0n) is 23.4. The van der Waals surface area contributed by atoms with Gasteiger partial charge in [0.15, 0.2) is 0 Å². The van der Waals surface area contributed by atoms with Gasteiger partial charge in [0.1, 0.15) is 12.6 Å². The number of carbonyl (C=O) groups is 2. The molecule has 210 valence electrons. The summed E-state index contributed by atoms with van der Waals surface area (Å²) in [6.45, 7) is 13.0. The molecule has 10 heteroatoms. The minimum Gasteiger partial charge on any atom is -0.350 e. The van der Waals surface area contributed by atoms with Gasteiger partial charge in [-0.05, 0) is 62.4 Å². The third-order valence-corrected chi connectivity index (χ3v) is 7.82. The van der Waals surface area contributed by atoms with E-state index in [0.29, 0.717) is 27.7 Å². The maximum absolute atomic E-state index is 13.9. The molecular formula is C28H39Cl2N3O4S. The minimum absolute atomic E-state index is 0.0615. The number of carbonyl (C=O) groups excluding carboxylic acids is 2. The Hall–Kier alpha value is -2.29. The van der Waals surface area contributed by atoms with Crippen molar-refractivity contribution in [3.8, 4) is 0 Å². The highest BCUT2D eigenvalue weighted by Gasteiger charge is 2.33. The number of rotatable bonds is 9. The summed E-state index contributed by atoms with van der Waals surface area (Å²) in [6.07, 6.45) is 1.35. The first-order valence-electron chi connectivity index (χ1n) is 12.5. The second-order valence-electron chi connectivity index (χ2n) is 11.5. The fourth-order valence-electron chi connectivity index (χ4n) is 3.97. The molecular weight excluding hydrogens is 545 g/mol. The molecule has 1 N–H and O–H groups in total. The first kappa shape index (κ1) is 31.9. The predicted octanol–water partition coefficient (Wildman–Crippen LogP) is 5.78. The summed E-state index contributed by atoms with van der Waals surface area (Å²) in [5.41, 5.74) is 1.21. The number of hydrogen-bond acceptors (Lipinski definition) is 4. The highest BCUT2D eigenvalue weighted by molar-refractivity contribution is 7.92. The quantitative estimate of drug-likeness (QED) is 0.405. The molecule has 0 aliphatic heterocycles. The van der Waals surface area contributed by atoms with Crippen LogP contribution in [0.2, 0.25) is 10.0 Å². The molecule has 2 aromatic rings. The van der Waals surface area contributed by atoms with E-state index in [2.05, 4.69) is 26.1 Å². The summed E-state index contributed by atoms with van der Waals surface area (Å²) in [5.74, 6) is -0.904. The SMILES string of the molecule is CC[C@@H](C(=O)NC(C)(C)C)N(Cc1c(Cl)cccc1Cl)C(=O)CN(c1ccc(C(C)(C)C)cc1)S(C)(=O)=O. The highest BCUT2D eigenvalue weighted by Crippen LogP contribution is 2.29. The molecule has 2 aromatic carbocycles. The summed E-state index contributed by atoms with van der Waals surface area (Å²) < 4.78 is 26.7. The first-order valence-corrected chi connectivity index (χ1v) is 15.1. The van der Waals surface area contributed by atoms with Gasteiger partial charge in [-0.1, -0.05) is 69.1 Å². The molecule has 7 nitrogen and oxygen atoms in total. The Labute approximate surface area is 237 Å². The first-order chi connectivity index (χ1) is 17.3. The molecule has 2 rings (SSSR count). The van der Waals surface area contributed by atoms with Gasteiger partial charge in [-0.15, -0.1) is 0 Å². The third-order valence-electron chi connectivity index (χ3n) is 5.97. The van der Waals surface area contributed by atoms with Gasteiger partial charge in [0.25, 0.3) is 0 Å². The van der Waals surface area contributed by atoms with Crippen LogP contribution in [0, 0.1) is 0 Å². The van der Waals surface area contributed by atoms with Crippen LogP contribution in [0.25, 0.3) is 0 Å². The normalized spacial score (nSPS) is 13.1. The lowest BCUT2D eigenvalue weighted by molar-refractivity contribution is -0.141. The maximum Gasteiger partial charge on any atom is 0.244 e. The van der Waals surface area contributed by atoms with Crippen LogP contribution in [-0.4, -0.2) is 49.5 Å². The number of nitrogens with one attached hydrogen (secondary N) is 1. The molecule has 0 radical (unpaired) electrons. The van der Waals surface area contributed by atoms with Gasteiger partial charge in [0.05, 0.1) is 11.9 Å². The van der Waals surface area contributed by atoms with E-state index in [-0.39, 0.29) is 17.9 Å². The van der Waals surface area contributed by atoms with Crippen molar-refractivity contribution in [3.05, 3.63) is 63.6 Å². The van der Waals surface area contributed by atoms with E-state index >= 15 is 0 Å². The van der Waals surface area contributed by atoms with Gasteiger partial charge in [-0.25, -0.2) is 8.42 Å². The van der Waals surface area contributed by atoms with Crippen LogP contribution < -0.4 is 9.62 Å². The average molecular weight is 585 g/mol. The van der Waals surface area contributed by atoms with Gasteiger partial charge in [0, 0.05) is 27.7 Å². The molecule has 0 aromatic heterocycles. The smallest absolute Gasteiger partial charge is 0.244 e. The summed E-state index contributed by atoms with van der Waals surface area (Å²) in [5, 5.41) is 3.62. The van der Waals surface area contributed by atoms with Crippen LogP contribution in [-0.2, 0) is 31.6 Å². The number of halogens is 2. The number of hydrogen-bond donors (Lipinski definition) is 1. The number of amides is 2. The second-order valence-corrected chi connectivity index (χ2v) is 14.2. The van der Waals surface area contributed by atoms with Crippen molar-refractivity contribution in [2.75, 3.05) is 17.1 Å². The Morgan fingerprint density at radius 1 is 0.947 bits per heavy atom. The Morgan fingerprint density at radius 3 is 1.89 bits per heavy atom. The minimum atomic E-state index is -3.83. The van der Waals surface area contributed by atoms with Crippen molar-refractivity contribution in [2.45, 2.75) is 78.4 Å². The van der Waals surface area contributed by atoms with Gasteiger partial charge >= 0.3 is 0 Å². The third kappa shape index (κ3) is 8.61. The molecule has 0 aliphatic carbocycles. The molecule has 38 heavy (non-hydrogen) atoms. The summed E-state index contributed by atoms with van der Waals surface area (Å²) in [6, 6.07) is 11.2. The van der Waals surface area contributed by atoms with Crippen LogP contribution in [0.1, 0.15) is 66.0 Å². The van der Waals surface area contributed by atoms with Gasteiger partial charge < -0.3 is 10.2 Å². The van der Waals surface area contributed by atoms with E-state index < -0.39 is 34.1 Å². The number of nitrogens with zero attached hydrogens (tertiary/aromatic N) is 2. The van der Waals surface area contributed by atoms with Crippen LogP contribution in [0.4, 0.5) is 5.69 Å². The monoisotopic (exact) mass is 583 g/mol. The lowest BCUT2D eigenvalue weighted by Crippen LogP contribution is -2.55. The Kier molecular flexibility index (Phi) is 10.3. The molecule has 1 atom stereocenters. The van der Waals surface area contributed by atoms with Crippen molar-refractivity contribution in [1.29, 1.82) is 0 Å². The molecule has 0 heterocycles. The van der Waals surface area contributed by atoms with E-state index in [1.54, 1.807) is 37.3 Å². The predicted molar refractivity (Wildman–Crippen MR) is 156 cm³/mol. The zero-order chi connectivity index (χ0) is 29.1. The lowest BCUT2D eigenvalue weighted by atomic mass is 9.87. The van der Waals surface area contributed by atoms with E-state index in [1.165, 1.54) is 4.90 Å². The Balaban J connectivity index is 2.53. The number of anilines is 1. The summed E-state index contributed by atoms with van der Waals surface area (Å²) in [7, 11) is -3.83. The summed E-state index contributed by atoms with van der Waals surface area (Å²) in [4.78, 5) is 28.5. The van der Waals surface area contributed by atoms with E-state index in [4.69, 9.17) is 23.2 Å². The molecule has 0 saturated carbocycles. The Bertz CT molecular complexity index is 1230. The van der Waals surface area contributed by atoms with Crippen molar-refractivity contribution in [2.24, 2.45) is 0 Å². The van der Waals surface area contributed by atoms with E-state index in [9.17, 15) is 18.0 Å². The molecule has 2 amide bonds. The van der Waals surface area contributed by atoms with Crippen LogP contribution >= 0.6 is 23.2 Å². The molecule has 0 saturated heterocycles. The fourth-order valence-corrected chi connectivity index (χ4v) is 5.33. The van der Waals surface area contributed by atoms with Gasteiger partial charge in [-0.2, -0.15) is 0 Å². The number of benzene rings is 2. The van der Waals surface area contributed by atoms with Gasteiger partial charge in [0.2, 0.25) is 21.8 Å². The molecule has 0 fully saturated rings. The molecule has 0 aliphatic rings. The second kappa shape index (κ2) is 12.3. The fraction of sp³-hybridized carbons (Fsp3) is 0.500. The zero-order valence-corrected chi connectivity index (χ0v) is 25.8. The Morgan fingerprint density at radius 2 is 1.47 bits per heavy atom. The molecule has 0 spiro atoms. The summed E-state index contributed by atoms with van der Waals surface area (Å²) >= 11 is 12.8. The number of sulfonamides is 1. The van der Waals surface area contributed by atoms with Crippen molar-refractivity contribution >= 4 is 50.7 Å². The topological polar surface area (TPSA) is 86.8 Å². The highest BCUT2D eigenvalue weighted by atomic mass is 35.5. The average Bonchev–Trinajstić information content (AvgIpc) is 2.76. The largest absolute Gasteiger partial charge is 0.350 e. The van der Waals surface area contributed by atoms with E-state index in [0.717, 1.165) is 16.1 Å². The van der Waals surface area contributed by atoms with Crippen molar-refractivity contribution in [3.63, 3.8) is 0 Å². The van der Waals surface area contributed by atoms with E-state index in [1.807, 2.05) is 32.9 Å². The molecule has 0 bridgehead atoms. The van der Waals surface area contributed by atoms with Crippen LogP contribution in [0.3, 0.4) is 0 Å². The van der Waals surface area contributed by atoms with Crippen LogP contribution in [0.5, 0.6) is 0 Å². The molecule has 0 unspecified atom stereocenters. The van der Waals surface area contributed by atoms with Crippen molar-refractivity contribution in [1.82, 2.24) is 10.2 Å². The lowest BCUT2D eigenvalue weighted by Gasteiger charge is -2.35. The maximum atomic E-state index is 13.9. The van der Waals surface area contributed by atoms with Crippen molar-refractivity contribution < 1.29 is 18.0 Å². The standard InChI is InChI=1S/C28H39Cl2N3O4S/c1-9-24(26(35)31-28(5,6)7)32(17-21-22(29)11-10-12-23(21)30)25(34)18-33(38(8,36)37)20-15-13-19(14-16-20)27(2,3)4/h10-16,24H,9,17-18H2,1-8H3,(H,31,35)/t24-/m0/s1. The van der Waals surface area contributed by atoms with Gasteiger partial charge in [-0.3, -0.25) is 13.9 Å².